The highest BCUT2D eigenvalue weighted by molar-refractivity contribution is 5.84. The lowest BCUT2D eigenvalue weighted by Gasteiger charge is -2.10. The molecule has 0 spiro atoms. The summed E-state index contributed by atoms with van der Waals surface area (Å²) in [5.41, 5.74) is -0.225. The average molecular weight is 350 g/mol. The van der Waals surface area contributed by atoms with E-state index in [0.29, 0.717) is 16.9 Å². The second-order valence-electron chi connectivity index (χ2n) is 6.42. The van der Waals surface area contributed by atoms with E-state index in [1.807, 2.05) is 0 Å². The van der Waals surface area contributed by atoms with Crippen molar-refractivity contribution in [2.45, 2.75) is 25.6 Å². The predicted octanol–water partition coefficient (Wildman–Crippen LogP) is 4.56. The van der Waals surface area contributed by atoms with Crippen LogP contribution in [0.2, 0.25) is 0 Å². The zero-order valence-corrected chi connectivity index (χ0v) is 13.0. The van der Waals surface area contributed by atoms with E-state index in [1.54, 1.807) is 22.9 Å². The molecule has 0 unspecified atom stereocenters. The van der Waals surface area contributed by atoms with Crippen molar-refractivity contribution in [3.8, 4) is 11.1 Å². The van der Waals surface area contributed by atoms with Gasteiger partial charge in [-0.2, -0.15) is 13.2 Å². The van der Waals surface area contributed by atoms with Gasteiger partial charge in [0, 0.05) is 6.54 Å². The predicted molar refractivity (Wildman–Crippen MR) is 85.7 cm³/mol. The summed E-state index contributed by atoms with van der Waals surface area (Å²) in [7, 11) is 0. The van der Waals surface area contributed by atoms with E-state index in [0.717, 1.165) is 37.0 Å². The van der Waals surface area contributed by atoms with Crippen molar-refractivity contribution in [1.29, 1.82) is 0 Å². The third kappa shape index (κ3) is 2.94. The number of hydrogen-bond acceptors (Lipinski definition) is 1. The molecule has 1 fully saturated rings. The van der Waals surface area contributed by atoms with Gasteiger partial charge in [0.05, 0.1) is 16.5 Å². The summed E-state index contributed by atoms with van der Waals surface area (Å²) in [5, 5.41) is 3.18. The van der Waals surface area contributed by atoms with E-state index < -0.39 is 17.6 Å². The van der Waals surface area contributed by atoms with Gasteiger partial charge in [0.25, 0.3) is 5.56 Å². The lowest BCUT2D eigenvalue weighted by atomic mass is 10.0. The molecular formula is C18H14F4N2O. The monoisotopic (exact) mass is 350 g/mol. The van der Waals surface area contributed by atoms with Gasteiger partial charge >= 0.3 is 6.18 Å². The van der Waals surface area contributed by atoms with Crippen molar-refractivity contribution in [3.63, 3.8) is 0 Å². The van der Waals surface area contributed by atoms with E-state index in [9.17, 15) is 22.4 Å². The molecule has 0 radical (unpaired) electrons. The van der Waals surface area contributed by atoms with Crippen molar-refractivity contribution in [3.05, 3.63) is 58.1 Å². The minimum atomic E-state index is -4.77. The quantitative estimate of drug-likeness (QED) is 0.691. The first-order valence-electron chi connectivity index (χ1n) is 7.92. The fourth-order valence-electron chi connectivity index (χ4n) is 3.00. The van der Waals surface area contributed by atoms with E-state index in [4.69, 9.17) is 0 Å². The number of rotatable bonds is 3. The first-order valence-corrected chi connectivity index (χ1v) is 7.92. The van der Waals surface area contributed by atoms with Crippen molar-refractivity contribution >= 4 is 10.9 Å². The van der Waals surface area contributed by atoms with Crippen LogP contribution < -0.4 is 5.56 Å². The Hall–Kier alpha value is -2.57. The molecule has 0 atom stereocenters. The molecule has 1 saturated carbocycles. The summed E-state index contributed by atoms with van der Waals surface area (Å²) in [6.45, 7) is 0.729. The normalized spacial score (nSPS) is 15.0. The van der Waals surface area contributed by atoms with Crippen molar-refractivity contribution in [2.75, 3.05) is 0 Å². The zero-order chi connectivity index (χ0) is 17.8. The number of alkyl halides is 3. The van der Waals surface area contributed by atoms with E-state index >= 15 is 0 Å². The third-order valence-corrected chi connectivity index (χ3v) is 4.51. The number of nitrogens with zero attached hydrogens (tertiary/aromatic N) is 1. The maximum atomic E-state index is 13.5. The second kappa shape index (κ2) is 5.47. The zero-order valence-electron chi connectivity index (χ0n) is 13.0. The molecular weight excluding hydrogens is 336 g/mol. The van der Waals surface area contributed by atoms with Crippen LogP contribution in [-0.4, -0.2) is 9.78 Å². The molecule has 0 saturated heterocycles. The summed E-state index contributed by atoms with van der Waals surface area (Å²) in [5.74, 6) is -0.747. The van der Waals surface area contributed by atoms with Crippen molar-refractivity contribution in [1.82, 2.24) is 9.78 Å². The van der Waals surface area contributed by atoms with Crippen LogP contribution in [-0.2, 0) is 12.7 Å². The molecule has 1 N–H and O–H groups in total. The molecule has 3 aromatic rings. The molecule has 3 nitrogen and oxygen atoms in total. The molecule has 1 aliphatic rings. The number of H-pyrrole nitrogens is 1. The first kappa shape index (κ1) is 15.9. The molecule has 0 bridgehead atoms. The number of aromatic amines is 1. The van der Waals surface area contributed by atoms with E-state index in [2.05, 4.69) is 5.10 Å². The van der Waals surface area contributed by atoms with Crippen LogP contribution in [0.1, 0.15) is 18.4 Å². The smallest absolute Gasteiger partial charge is 0.284 e. The number of hydrogen-bond donors (Lipinski definition) is 1. The minimum Gasteiger partial charge on any atom is -0.284 e. The highest BCUT2D eigenvalue weighted by Gasteiger charge is 2.34. The second-order valence-corrected chi connectivity index (χ2v) is 6.42. The summed E-state index contributed by atoms with van der Waals surface area (Å²) < 4.78 is 53.9. The molecule has 1 aliphatic carbocycles. The SMILES string of the molecule is O=c1[nH]n(CC2CC2)c2ccc(-c3ccc(F)c(C(F)(F)F)c3)cc12. The summed E-state index contributed by atoms with van der Waals surface area (Å²) in [6, 6.07) is 7.75. The van der Waals surface area contributed by atoms with Gasteiger partial charge in [-0.3, -0.25) is 14.6 Å². The Morgan fingerprint density at radius 2 is 1.76 bits per heavy atom. The van der Waals surface area contributed by atoms with Crippen LogP contribution in [0.4, 0.5) is 17.6 Å². The van der Waals surface area contributed by atoms with Gasteiger partial charge in [0.2, 0.25) is 0 Å². The lowest BCUT2D eigenvalue weighted by molar-refractivity contribution is -0.139. The molecule has 0 amide bonds. The Balaban J connectivity index is 1.80. The Morgan fingerprint density at radius 1 is 1.08 bits per heavy atom. The Bertz CT molecular complexity index is 1010. The topological polar surface area (TPSA) is 37.8 Å². The van der Waals surface area contributed by atoms with Gasteiger partial charge in [-0.1, -0.05) is 12.1 Å². The molecule has 4 rings (SSSR count). The number of halogens is 4. The van der Waals surface area contributed by atoms with Gasteiger partial charge < -0.3 is 0 Å². The molecule has 1 heterocycles. The van der Waals surface area contributed by atoms with Crippen LogP contribution >= 0.6 is 0 Å². The average Bonchev–Trinajstić information content (AvgIpc) is 3.31. The van der Waals surface area contributed by atoms with Gasteiger partial charge in [-0.25, -0.2) is 4.39 Å². The highest BCUT2D eigenvalue weighted by atomic mass is 19.4. The maximum absolute atomic E-state index is 13.5. The summed E-state index contributed by atoms with van der Waals surface area (Å²) in [4.78, 5) is 12.1. The first-order chi connectivity index (χ1) is 11.8. The number of aromatic nitrogens is 2. The van der Waals surface area contributed by atoms with Gasteiger partial charge in [0.1, 0.15) is 5.82 Å². The van der Waals surface area contributed by atoms with Crippen molar-refractivity contribution in [2.24, 2.45) is 5.92 Å². The standard InChI is InChI=1S/C18H14F4N2O/c19-15-5-3-12(8-14(15)18(20,21)22)11-4-6-16-13(7-11)17(25)23-24(16)9-10-1-2-10/h3-8,10H,1-2,9H2,(H,23,25). The molecule has 25 heavy (non-hydrogen) atoms. The molecule has 2 aromatic carbocycles. The van der Waals surface area contributed by atoms with Crippen LogP contribution in [0.5, 0.6) is 0 Å². The van der Waals surface area contributed by atoms with E-state index in [-0.39, 0.29) is 11.1 Å². The molecule has 1 aromatic heterocycles. The Kier molecular flexibility index (Phi) is 3.49. The van der Waals surface area contributed by atoms with E-state index in [1.165, 1.54) is 6.07 Å². The minimum absolute atomic E-state index is 0.213. The number of fused-ring (bicyclic) bond motifs is 1. The molecule has 0 aliphatic heterocycles. The van der Waals surface area contributed by atoms with Gasteiger partial charge in [0.15, 0.2) is 0 Å². The molecule has 7 heteroatoms. The van der Waals surface area contributed by atoms with Crippen LogP contribution in [0.15, 0.2) is 41.2 Å². The molecule has 130 valence electrons. The fraction of sp³-hybridized carbons (Fsp3) is 0.278. The summed E-state index contributed by atoms with van der Waals surface area (Å²) >= 11 is 0. The largest absolute Gasteiger partial charge is 0.419 e. The Labute approximate surface area is 139 Å². The number of nitrogens with one attached hydrogen (secondary N) is 1. The summed E-state index contributed by atoms with van der Waals surface area (Å²) in [6.07, 6.45) is -2.50. The van der Waals surface area contributed by atoms with Crippen LogP contribution in [0.25, 0.3) is 22.0 Å². The third-order valence-electron chi connectivity index (χ3n) is 4.51. The maximum Gasteiger partial charge on any atom is 0.419 e. The van der Waals surface area contributed by atoms with Gasteiger partial charge in [-0.05, 0) is 54.2 Å². The lowest BCUT2D eigenvalue weighted by Crippen LogP contribution is -2.08. The van der Waals surface area contributed by atoms with Crippen LogP contribution in [0, 0.1) is 11.7 Å². The Morgan fingerprint density at radius 3 is 2.44 bits per heavy atom. The fourth-order valence-corrected chi connectivity index (χ4v) is 3.00. The van der Waals surface area contributed by atoms with Gasteiger partial charge in [-0.15, -0.1) is 0 Å². The van der Waals surface area contributed by atoms with Crippen LogP contribution in [0.3, 0.4) is 0 Å². The number of benzene rings is 2. The highest BCUT2D eigenvalue weighted by Crippen LogP contribution is 2.35. The van der Waals surface area contributed by atoms with Crippen molar-refractivity contribution < 1.29 is 17.6 Å².